The van der Waals surface area contributed by atoms with E-state index in [1.165, 1.54) is 71.2 Å². The van der Waals surface area contributed by atoms with Crippen LogP contribution in [0.3, 0.4) is 0 Å². The van der Waals surface area contributed by atoms with E-state index >= 15 is 0 Å². The van der Waals surface area contributed by atoms with Crippen LogP contribution in [0.2, 0.25) is 0 Å². The van der Waals surface area contributed by atoms with Gasteiger partial charge in [0.25, 0.3) is 0 Å². The van der Waals surface area contributed by atoms with Crippen LogP contribution in [0.4, 0.5) is 0 Å². The zero-order chi connectivity index (χ0) is 13.7. The van der Waals surface area contributed by atoms with Crippen LogP contribution in [0.15, 0.2) is 0 Å². The van der Waals surface area contributed by atoms with Crippen molar-refractivity contribution in [3.05, 3.63) is 0 Å². The maximum Gasteiger partial charge on any atom is 0.0360 e. The van der Waals surface area contributed by atoms with Gasteiger partial charge in [0.2, 0.25) is 0 Å². The first-order chi connectivity index (χ1) is 9.26. The predicted molar refractivity (Wildman–Crippen MR) is 82.3 cm³/mol. The van der Waals surface area contributed by atoms with Crippen LogP contribution in [-0.4, -0.2) is 54.6 Å². The third-order valence-electron chi connectivity index (χ3n) is 5.56. The lowest BCUT2D eigenvalue weighted by Gasteiger charge is -2.53. The Morgan fingerprint density at radius 1 is 1.11 bits per heavy atom. The fourth-order valence-corrected chi connectivity index (χ4v) is 4.43. The Kier molecular flexibility index (Phi) is 5.67. The maximum absolute atomic E-state index is 6.27. The molecule has 0 aromatic carbocycles. The second-order valence-electron chi connectivity index (χ2n) is 6.49. The molecule has 1 heterocycles. The monoisotopic (exact) mass is 267 g/mol. The molecule has 1 aliphatic carbocycles. The molecule has 0 spiro atoms. The van der Waals surface area contributed by atoms with Gasteiger partial charge in [0.1, 0.15) is 0 Å². The molecule has 0 aromatic rings. The average molecular weight is 267 g/mol. The summed E-state index contributed by atoms with van der Waals surface area (Å²) < 4.78 is 0. The third kappa shape index (κ3) is 3.14. The normalized spacial score (nSPS) is 34.6. The molecule has 2 fully saturated rings. The summed E-state index contributed by atoms with van der Waals surface area (Å²) in [6.45, 7) is 11.7. The molecule has 112 valence electrons. The fraction of sp³-hybridized carbons (Fsp3) is 1.00. The van der Waals surface area contributed by atoms with Crippen molar-refractivity contribution in [2.24, 2.45) is 11.7 Å². The van der Waals surface area contributed by atoms with Gasteiger partial charge < -0.3 is 10.6 Å². The van der Waals surface area contributed by atoms with Gasteiger partial charge in [0.05, 0.1) is 0 Å². The molecule has 2 rings (SSSR count). The summed E-state index contributed by atoms with van der Waals surface area (Å²) in [5, 5.41) is 0. The van der Waals surface area contributed by atoms with Gasteiger partial charge in [-0.2, -0.15) is 0 Å². The lowest BCUT2D eigenvalue weighted by atomic mass is 9.70. The first-order valence-electron chi connectivity index (χ1n) is 8.44. The number of piperazine rings is 1. The fourth-order valence-electron chi connectivity index (χ4n) is 4.43. The molecule has 2 N–H and O–H groups in total. The summed E-state index contributed by atoms with van der Waals surface area (Å²) in [6.07, 6.45) is 8.09. The molecule has 1 saturated carbocycles. The number of hydrogen-bond acceptors (Lipinski definition) is 3. The highest BCUT2D eigenvalue weighted by Crippen LogP contribution is 2.40. The molecule has 2 unspecified atom stereocenters. The van der Waals surface area contributed by atoms with Crippen LogP contribution < -0.4 is 5.73 Å². The summed E-state index contributed by atoms with van der Waals surface area (Å²) in [6, 6.07) is 0. The maximum atomic E-state index is 6.27. The minimum atomic E-state index is 0.325. The Morgan fingerprint density at radius 2 is 1.84 bits per heavy atom. The molecule has 0 aromatic heterocycles. The third-order valence-corrected chi connectivity index (χ3v) is 5.56. The van der Waals surface area contributed by atoms with Crippen molar-refractivity contribution in [3.8, 4) is 0 Å². The Balaban J connectivity index is 2.01. The summed E-state index contributed by atoms with van der Waals surface area (Å²) in [4.78, 5) is 5.37. The van der Waals surface area contributed by atoms with Crippen molar-refractivity contribution in [2.45, 2.75) is 57.9 Å². The van der Waals surface area contributed by atoms with E-state index < -0.39 is 0 Å². The van der Waals surface area contributed by atoms with Crippen molar-refractivity contribution in [1.82, 2.24) is 9.80 Å². The van der Waals surface area contributed by atoms with E-state index in [0.29, 0.717) is 5.54 Å². The van der Waals surface area contributed by atoms with Crippen molar-refractivity contribution in [1.29, 1.82) is 0 Å². The van der Waals surface area contributed by atoms with Crippen LogP contribution in [-0.2, 0) is 0 Å². The number of nitrogens with zero attached hydrogens (tertiary/aromatic N) is 2. The molecular weight excluding hydrogens is 234 g/mol. The van der Waals surface area contributed by atoms with Gasteiger partial charge in [0, 0.05) is 38.3 Å². The van der Waals surface area contributed by atoms with Gasteiger partial charge >= 0.3 is 0 Å². The standard InChI is InChI=1S/C16H33N3/c1-3-9-18-10-12-19(13-11-18)16(14-17)8-6-5-7-15(16)4-2/h15H,3-14,17H2,1-2H3. The topological polar surface area (TPSA) is 32.5 Å². The van der Waals surface area contributed by atoms with Crippen LogP contribution in [0, 0.1) is 5.92 Å². The summed E-state index contributed by atoms with van der Waals surface area (Å²) in [5.74, 6) is 0.823. The van der Waals surface area contributed by atoms with Crippen molar-refractivity contribution in [3.63, 3.8) is 0 Å². The SMILES string of the molecule is CCCN1CCN(C2(CN)CCCCC2CC)CC1. The van der Waals surface area contributed by atoms with E-state index in [1.807, 2.05) is 0 Å². The first-order valence-corrected chi connectivity index (χ1v) is 8.44. The highest BCUT2D eigenvalue weighted by Gasteiger charge is 2.43. The highest BCUT2D eigenvalue weighted by atomic mass is 15.3. The second-order valence-corrected chi connectivity index (χ2v) is 6.49. The summed E-state index contributed by atoms with van der Waals surface area (Å²) in [5.41, 5.74) is 6.60. The van der Waals surface area contributed by atoms with Crippen LogP contribution in [0.25, 0.3) is 0 Å². The molecule has 0 bridgehead atoms. The molecule has 1 saturated heterocycles. The van der Waals surface area contributed by atoms with E-state index in [1.54, 1.807) is 0 Å². The van der Waals surface area contributed by atoms with Crippen LogP contribution >= 0.6 is 0 Å². The number of nitrogens with two attached hydrogens (primary N) is 1. The molecular formula is C16H33N3. The Morgan fingerprint density at radius 3 is 2.42 bits per heavy atom. The van der Waals surface area contributed by atoms with E-state index in [9.17, 15) is 0 Å². The van der Waals surface area contributed by atoms with Crippen molar-refractivity contribution in [2.75, 3.05) is 39.3 Å². The quantitative estimate of drug-likeness (QED) is 0.830. The minimum Gasteiger partial charge on any atom is -0.329 e. The van der Waals surface area contributed by atoms with Crippen molar-refractivity contribution >= 4 is 0 Å². The van der Waals surface area contributed by atoms with Crippen LogP contribution in [0.1, 0.15) is 52.4 Å². The molecule has 19 heavy (non-hydrogen) atoms. The van der Waals surface area contributed by atoms with Gasteiger partial charge in [-0.3, -0.25) is 4.90 Å². The van der Waals surface area contributed by atoms with E-state index in [2.05, 4.69) is 23.6 Å². The Bertz CT molecular complexity index is 261. The molecule has 2 aliphatic rings. The lowest BCUT2D eigenvalue weighted by molar-refractivity contribution is -0.0259. The van der Waals surface area contributed by atoms with Gasteiger partial charge in [-0.25, -0.2) is 0 Å². The Hall–Kier alpha value is -0.120. The summed E-state index contributed by atoms with van der Waals surface area (Å²) >= 11 is 0. The minimum absolute atomic E-state index is 0.325. The van der Waals surface area contributed by atoms with Gasteiger partial charge in [-0.15, -0.1) is 0 Å². The smallest absolute Gasteiger partial charge is 0.0360 e. The molecule has 3 heteroatoms. The molecule has 1 aliphatic heterocycles. The largest absolute Gasteiger partial charge is 0.329 e. The average Bonchev–Trinajstić information content (AvgIpc) is 2.48. The molecule has 3 nitrogen and oxygen atoms in total. The lowest BCUT2D eigenvalue weighted by Crippen LogP contribution is -2.64. The molecule has 0 radical (unpaired) electrons. The predicted octanol–water partition coefficient (Wildman–Crippen LogP) is 2.31. The van der Waals surface area contributed by atoms with E-state index in [0.717, 1.165) is 12.5 Å². The van der Waals surface area contributed by atoms with E-state index in [4.69, 9.17) is 5.73 Å². The summed E-state index contributed by atoms with van der Waals surface area (Å²) in [7, 11) is 0. The number of hydrogen-bond donors (Lipinski definition) is 1. The first kappa shape index (κ1) is 15.3. The Labute approximate surface area is 119 Å². The second kappa shape index (κ2) is 7.05. The van der Waals surface area contributed by atoms with Gasteiger partial charge in [-0.1, -0.05) is 33.1 Å². The zero-order valence-corrected chi connectivity index (χ0v) is 13.0. The van der Waals surface area contributed by atoms with Gasteiger partial charge in [-0.05, 0) is 31.7 Å². The van der Waals surface area contributed by atoms with Crippen molar-refractivity contribution < 1.29 is 0 Å². The number of rotatable bonds is 5. The molecule has 0 amide bonds. The molecule has 2 atom stereocenters. The van der Waals surface area contributed by atoms with Crippen LogP contribution in [0.5, 0.6) is 0 Å². The van der Waals surface area contributed by atoms with Gasteiger partial charge in [0.15, 0.2) is 0 Å². The highest BCUT2D eigenvalue weighted by molar-refractivity contribution is 5.00. The zero-order valence-electron chi connectivity index (χ0n) is 13.0. The van der Waals surface area contributed by atoms with E-state index in [-0.39, 0.29) is 0 Å².